The zero-order valence-electron chi connectivity index (χ0n) is 26.3. The van der Waals surface area contributed by atoms with Crippen LogP contribution in [0, 0.1) is 19.2 Å². The van der Waals surface area contributed by atoms with Crippen molar-refractivity contribution in [2.75, 3.05) is 0 Å². The number of benzene rings is 4. The first-order valence-corrected chi connectivity index (χ1v) is 13.1. The quantitative estimate of drug-likeness (QED) is 0.227. The number of aromatic nitrogens is 1. The van der Waals surface area contributed by atoms with Gasteiger partial charge in [0, 0.05) is 34.8 Å². The second-order valence-corrected chi connectivity index (χ2v) is 11.3. The van der Waals surface area contributed by atoms with Crippen molar-refractivity contribution in [2.45, 2.75) is 59.2 Å². The minimum atomic E-state index is -2.32. The second-order valence-electron chi connectivity index (χ2n) is 11.3. The van der Waals surface area contributed by atoms with Gasteiger partial charge < -0.3 is 4.42 Å². The Morgan fingerprint density at radius 3 is 2.49 bits per heavy atom. The SMILES string of the molecule is [2H]Cc1cc(-c2cccc3c2oc2c3ccc3ccc4cc(C5([2H])CCC(C)(C)CC5)ccc4c32)ncc1C([2H])([2H])[2H]. The molecule has 0 N–H and O–H groups in total. The van der Waals surface area contributed by atoms with E-state index in [9.17, 15) is 1.37 Å². The van der Waals surface area contributed by atoms with Crippen LogP contribution in [-0.2, 0) is 0 Å². The lowest BCUT2D eigenvalue weighted by Gasteiger charge is -2.34. The Morgan fingerprint density at radius 1 is 0.865 bits per heavy atom. The largest absolute Gasteiger partial charge is 0.455 e. The Kier molecular flexibility index (Phi) is 3.92. The Balaban J connectivity index is 1.41. The maximum absolute atomic E-state index is 9.29. The normalized spacial score (nSPS) is 19.5. The molecule has 7 rings (SSSR count). The second kappa shape index (κ2) is 8.18. The number of aryl methyl sites for hydroxylation is 2. The van der Waals surface area contributed by atoms with E-state index < -0.39 is 12.7 Å². The maximum atomic E-state index is 9.29. The van der Waals surface area contributed by atoms with E-state index in [1.165, 1.54) is 6.20 Å². The molecule has 6 aromatic rings. The Labute approximate surface area is 225 Å². The minimum absolute atomic E-state index is 0.112. The van der Waals surface area contributed by atoms with Crippen LogP contribution in [0.1, 0.15) is 69.0 Å². The molecule has 4 aromatic carbocycles. The number of furan rings is 1. The van der Waals surface area contributed by atoms with Gasteiger partial charge >= 0.3 is 0 Å². The first kappa shape index (κ1) is 17.7. The van der Waals surface area contributed by atoms with Crippen LogP contribution in [0.4, 0.5) is 0 Å². The summed E-state index contributed by atoms with van der Waals surface area (Å²) >= 11 is 0. The Bertz CT molecular complexity index is 2010. The molecule has 0 amide bonds. The van der Waals surface area contributed by atoms with E-state index in [1.54, 1.807) is 6.07 Å². The number of hydrogen-bond donors (Lipinski definition) is 0. The molecule has 0 saturated heterocycles. The van der Waals surface area contributed by atoms with Gasteiger partial charge in [0.05, 0.1) is 5.69 Å². The van der Waals surface area contributed by atoms with Crippen LogP contribution in [0.5, 0.6) is 0 Å². The molecule has 184 valence electrons. The molecular weight excluding hydrogens is 450 g/mol. The topological polar surface area (TPSA) is 26.0 Å². The molecule has 0 atom stereocenters. The number of fused-ring (bicyclic) bond motifs is 7. The molecule has 2 nitrogen and oxygen atoms in total. The molecule has 37 heavy (non-hydrogen) atoms. The molecule has 0 aliphatic heterocycles. The molecule has 1 fully saturated rings. The molecule has 1 aliphatic rings. The molecule has 2 aromatic heterocycles. The summed E-state index contributed by atoms with van der Waals surface area (Å²) in [6, 6.07) is 22.6. The highest BCUT2D eigenvalue weighted by atomic mass is 16.3. The highest BCUT2D eigenvalue weighted by Crippen LogP contribution is 2.44. The Hall–Kier alpha value is -3.65. The van der Waals surface area contributed by atoms with Gasteiger partial charge in [-0.05, 0) is 102 Å². The number of pyridine rings is 1. The fourth-order valence-electron chi connectivity index (χ4n) is 5.98. The lowest BCUT2D eigenvalue weighted by Crippen LogP contribution is -2.20. The fraction of sp³-hybridized carbons (Fsp3) is 0.286. The van der Waals surface area contributed by atoms with Crippen LogP contribution < -0.4 is 0 Å². The molecule has 2 heterocycles. The van der Waals surface area contributed by atoms with Crippen molar-refractivity contribution >= 4 is 43.5 Å². The van der Waals surface area contributed by atoms with Gasteiger partial charge in [-0.25, -0.2) is 0 Å². The van der Waals surface area contributed by atoms with Crippen molar-refractivity contribution in [1.82, 2.24) is 4.98 Å². The number of nitrogens with zero attached hydrogens (tertiary/aromatic N) is 1. The average molecular weight is 489 g/mol. The van der Waals surface area contributed by atoms with Crippen molar-refractivity contribution in [1.29, 1.82) is 0 Å². The molecule has 2 heteroatoms. The third-order valence-corrected chi connectivity index (χ3v) is 8.34. The van der Waals surface area contributed by atoms with E-state index in [4.69, 9.17) is 9.90 Å². The lowest BCUT2D eigenvalue weighted by atomic mass is 9.71. The molecular formula is C35H33NO. The zero-order chi connectivity index (χ0) is 29.4. The first-order valence-electron chi connectivity index (χ1n) is 15.8. The Morgan fingerprint density at radius 2 is 1.65 bits per heavy atom. The summed E-state index contributed by atoms with van der Waals surface area (Å²) in [5.74, 6) is -0.557. The van der Waals surface area contributed by atoms with E-state index in [1.807, 2.05) is 18.2 Å². The third-order valence-electron chi connectivity index (χ3n) is 8.34. The zero-order valence-corrected chi connectivity index (χ0v) is 21.3. The van der Waals surface area contributed by atoms with Gasteiger partial charge in [-0.3, -0.25) is 4.98 Å². The van der Waals surface area contributed by atoms with Crippen LogP contribution >= 0.6 is 0 Å². The van der Waals surface area contributed by atoms with Gasteiger partial charge in [-0.2, -0.15) is 0 Å². The third kappa shape index (κ3) is 3.65. The molecule has 0 unspecified atom stereocenters. The summed E-state index contributed by atoms with van der Waals surface area (Å²) in [6.45, 7) is 2.15. The first-order chi connectivity index (χ1) is 20.0. The molecule has 0 spiro atoms. The van der Waals surface area contributed by atoms with Gasteiger partial charge in [0.15, 0.2) is 0 Å². The van der Waals surface area contributed by atoms with E-state index in [2.05, 4.69) is 61.3 Å². The number of hydrogen-bond acceptors (Lipinski definition) is 2. The lowest BCUT2D eigenvalue weighted by molar-refractivity contribution is 0.224. The van der Waals surface area contributed by atoms with Crippen LogP contribution in [0.25, 0.3) is 54.7 Å². The highest BCUT2D eigenvalue weighted by molar-refractivity contribution is 6.23. The molecule has 0 bridgehead atoms. The summed E-state index contributed by atoms with van der Waals surface area (Å²) < 4.78 is 47.4. The summed E-state index contributed by atoms with van der Waals surface area (Å²) in [5, 5.41) is 6.29. The predicted octanol–water partition coefficient (Wildman–Crippen LogP) is 10.3. The average Bonchev–Trinajstić information content (AvgIpc) is 3.36. The number of rotatable bonds is 2. The molecule has 0 radical (unpaired) electrons. The summed E-state index contributed by atoms with van der Waals surface area (Å²) in [5.41, 5.74) is 4.78. The van der Waals surface area contributed by atoms with Crippen molar-refractivity contribution in [3.8, 4) is 11.3 Å². The monoisotopic (exact) mass is 488 g/mol. The molecule has 1 saturated carbocycles. The predicted molar refractivity (Wildman–Crippen MR) is 156 cm³/mol. The van der Waals surface area contributed by atoms with Crippen LogP contribution in [0.15, 0.2) is 77.3 Å². The van der Waals surface area contributed by atoms with E-state index >= 15 is 0 Å². The van der Waals surface area contributed by atoms with Gasteiger partial charge in [0.2, 0.25) is 0 Å². The van der Waals surface area contributed by atoms with Crippen molar-refractivity contribution in [3.05, 3.63) is 89.6 Å². The summed E-state index contributed by atoms with van der Waals surface area (Å²) in [6.07, 6.45) is 5.25. The van der Waals surface area contributed by atoms with Gasteiger partial charge in [0.1, 0.15) is 11.2 Å². The minimum Gasteiger partial charge on any atom is -0.455 e. The standard InChI is InChI=1S/C35H33NO/c1-21-18-31(36-20-22(21)2)30-7-5-6-28-29-13-10-24-8-9-26-19-25(23-14-16-35(3,4)17-15-23)11-12-27(26)32(24)34(29)37-33(28)30/h5-13,18-20,23H,14-17H2,1-4H3/i1D,2D3,23D. The number of para-hydroxylation sites is 1. The van der Waals surface area contributed by atoms with Crippen LogP contribution in [-0.4, -0.2) is 4.98 Å². The summed E-state index contributed by atoms with van der Waals surface area (Å²) in [4.78, 5) is 4.50. The van der Waals surface area contributed by atoms with Crippen molar-refractivity contribution in [2.24, 2.45) is 5.41 Å². The fourth-order valence-corrected chi connectivity index (χ4v) is 5.98. The summed E-state index contributed by atoms with van der Waals surface area (Å²) in [7, 11) is 0. The molecule has 1 aliphatic carbocycles. The van der Waals surface area contributed by atoms with Crippen LogP contribution in [0.3, 0.4) is 0 Å². The van der Waals surface area contributed by atoms with E-state index in [-0.39, 0.29) is 12.5 Å². The van der Waals surface area contributed by atoms with Crippen molar-refractivity contribution < 1.29 is 11.3 Å². The van der Waals surface area contributed by atoms with Gasteiger partial charge in [-0.1, -0.05) is 62.4 Å². The smallest absolute Gasteiger partial charge is 0.144 e. The van der Waals surface area contributed by atoms with Gasteiger partial charge in [-0.15, -0.1) is 0 Å². The van der Waals surface area contributed by atoms with Crippen LogP contribution in [0.2, 0.25) is 0 Å². The highest BCUT2D eigenvalue weighted by Gasteiger charge is 2.27. The van der Waals surface area contributed by atoms with Crippen molar-refractivity contribution in [3.63, 3.8) is 0 Å². The van der Waals surface area contributed by atoms with Gasteiger partial charge in [0.25, 0.3) is 0 Å². The van der Waals surface area contributed by atoms with E-state index in [0.717, 1.165) is 74.7 Å². The van der Waals surface area contributed by atoms with E-state index in [0.29, 0.717) is 22.3 Å². The maximum Gasteiger partial charge on any atom is 0.144 e.